The molecule has 7 nitrogen and oxygen atoms in total. The molecule has 6 rings (SSSR count). The van der Waals surface area contributed by atoms with Crippen LogP contribution in [0, 0.1) is 11.7 Å². The van der Waals surface area contributed by atoms with Crippen molar-refractivity contribution in [2.45, 2.75) is 83.1 Å². The minimum atomic E-state index is -4.66. The largest absolute Gasteiger partial charge is 0.416 e. The molecule has 2 heterocycles. The lowest BCUT2D eigenvalue weighted by Crippen LogP contribution is -2.47. The molecule has 2 saturated carbocycles. The lowest BCUT2D eigenvalue weighted by Gasteiger charge is -2.46. The highest BCUT2D eigenvalue weighted by molar-refractivity contribution is 6.10. The molecule has 42 heavy (non-hydrogen) atoms. The zero-order valence-corrected chi connectivity index (χ0v) is 24.3. The number of nitrogens with zero attached hydrogens (tertiary/aromatic N) is 4. The molecule has 11 heteroatoms. The monoisotopic (exact) mass is 584 g/mol. The van der Waals surface area contributed by atoms with Crippen LogP contribution in [0.25, 0.3) is 0 Å². The van der Waals surface area contributed by atoms with Gasteiger partial charge < -0.3 is 20.1 Å². The topological polar surface area (TPSA) is 75.1 Å². The first-order valence-electron chi connectivity index (χ1n) is 14.6. The lowest BCUT2D eigenvalue weighted by molar-refractivity contribution is -0.138. The third-order valence-electron chi connectivity index (χ3n) is 9.38. The van der Waals surface area contributed by atoms with Crippen molar-refractivity contribution in [1.82, 2.24) is 20.1 Å². The number of benzene rings is 2. The SMILES string of the molecule is CCNc1cc([C@]2(c3nncn3C)C[C@H](C)C2)cc(N2Cc3c(cc(CNC4(C)CCC4)cc3C(F)(F)F)C2=O)c1F. The van der Waals surface area contributed by atoms with E-state index in [1.165, 1.54) is 6.07 Å². The fraction of sp³-hybridized carbons (Fsp3) is 0.516. The van der Waals surface area contributed by atoms with Crippen LogP contribution in [0.1, 0.15) is 91.3 Å². The molecule has 2 fully saturated rings. The van der Waals surface area contributed by atoms with Gasteiger partial charge in [-0.25, -0.2) is 4.39 Å². The molecular formula is C31H36F4N6O. The van der Waals surface area contributed by atoms with Gasteiger partial charge in [0.05, 0.1) is 28.9 Å². The molecule has 3 aromatic rings. The highest BCUT2D eigenvalue weighted by atomic mass is 19.4. The Hall–Kier alpha value is -3.47. The van der Waals surface area contributed by atoms with Crippen molar-refractivity contribution in [2.75, 3.05) is 16.8 Å². The van der Waals surface area contributed by atoms with E-state index in [4.69, 9.17) is 0 Å². The molecule has 1 amide bonds. The summed E-state index contributed by atoms with van der Waals surface area (Å²) < 4.78 is 60.9. The van der Waals surface area contributed by atoms with E-state index in [2.05, 4.69) is 34.7 Å². The van der Waals surface area contributed by atoms with Crippen LogP contribution in [0.3, 0.4) is 0 Å². The van der Waals surface area contributed by atoms with Gasteiger partial charge >= 0.3 is 6.18 Å². The van der Waals surface area contributed by atoms with E-state index >= 15 is 4.39 Å². The van der Waals surface area contributed by atoms with Gasteiger partial charge in [-0.15, -0.1) is 10.2 Å². The molecule has 1 aromatic heterocycles. The highest BCUT2D eigenvalue weighted by Gasteiger charge is 2.49. The van der Waals surface area contributed by atoms with E-state index in [1.54, 1.807) is 18.5 Å². The summed E-state index contributed by atoms with van der Waals surface area (Å²) >= 11 is 0. The summed E-state index contributed by atoms with van der Waals surface area (Å²) in [5.41, 5.74) is -0.378. The van der Waals surface area contributed by atoms with Crippen molar-refractivity contribution >= 4 is 17.3 Å². The van der Waals surface area contributed by atoms with Crippen molar-refractivity contribution in [3.63, 3.8) is 0 Å². The van der Waals surface area contributed by atoms with Crippen LogP contribution in [-0.2, 0) is 31.7 Å². The van der Waals surface area contributed by atoms with Crippen LogP contribution in [-0.4, -0.2) is 32.8 Å². The van der Waals surface area contributed by atoms with E-state index in [9.17, 15) is 18.0 Å². The Balaban J connectivity index is 1.43. The first-order valence-corrected chi connectivity index (χ1v) is 14.6. The number of nitrogens with one attached hydrogen (secondary N) is 2. The Morgan fingerprint density at radius 1 is 1.14 bits per heavy atom. The zero-order chi connectivity index (χ0) is 30.0. The Morgan fingerprint density at radius 3 is 2.45 bits per heavy atom. The van der Waals surface area contributed by atoms with Crippen molar-refractivity contribution in [2.24, 2.45) is 13.0 Å². The van der Waals surface area contributed by atoms with Gasteiger partial charge in [0.15, 0.2) is 5.82 Å². The first-order chi connectivity index (χ1) is 19.8. The normalized spacial score (nSPS) is 23.0. The number of aromatic nitrogens is 3. The van der Waals surface area contributed by atoms with E-state index < -0.39 is 28.9 Å². The van der Waals surface area contributed by atoms with Gasteiger partial charge in [0.2, 0.25) is 0 Å². The van der Waals surface area contributed by atoms with Crippen LogP contribution in [0.5, 0.6) is 0 Å². The molecule has 2 N–H and O–H groups in total. The summed E-state index contributed by atoms with van der Waals surface area (Å²) in [6.45, 7) is 6.29. The fourth-order valence-corrected chi connectivity index (χ4v) is 7.01. The standard InChI is InChI=1S/C31H36F4N6O/c1-5-36-24-11-20(30(13-18(2)14-30)28-39-38-17-40(28)4)12-25(26(24)32)41-16-22-21(27(41)42)9-19(10-23(22)31(33,34)35)15-37-29(3)7-6-8-29/h9-12,17-18,36-37H,5-8,13-16H2,1-4H3/t18-,30-. The van der Waals surface area contributed by atoms with Crippen LogP contribution in [0.4, 0.5) is 28.9 Å². The number of aryl methyl sites for hydroxylation is 1. The summed E-state index contributed by atoms with van der Waals surface area (Å²) in [7, 11) is 1.85. The molecule has 3 aliphatic rings. The summed E-state index contributed by atoms with van der Waals surface area (Å²) in [6, 6.07) is 6.01. The third-order valence-corrected chi connectivity index (χ3v) is 9.38. The number of carbonyl (C=O) groups is 1. The van der Waals surface area contributed by atoms with Gasteiger partial charge in [-0.2, -0.15) is 13.2 Å². The van der Waals surface area contributed by atoms with Crippen LogP contribution in [0.15, 0.2) is 30.6 Å². The van der Waals surface area contributed by atoms with Crippen LogP contribution in [0.2, 0.25) is 0 Å². The van der Waals surface area contributed by atoms with Crippen molar-refractivity contribution in [3.8, 4) is 0 Å². The number of hydrogen-bond donors (Lipinski definition) is 2. The maximum Gasteiger partial charge on any atom is 0.416 e. The number of hydrogen-bond acceptors (Lipinski definition) is 5. The lowest BCUT2D eigenvalue weighted by atomic mass is 9.58. The second kappa shape index (κ2) is 10.1. The van der Waals surface area contributed by atoms with Gasteiger partial charge in [0.1, 0.15) is 12.2 Å². The number of amides is 1. The molecule has 1 aliphatic heterocycles. The van der Waals surface area contributed by atoms with Crippen molar-refractivity contribution in [3.05, 3.63) is 70.1 Å². The Kier molecular flexibility index (Phi) is 6.87. The van der Waals surface area contributed by atoms with Gasteiger partial charge in [-0.3, -0.25) is 4.79 Å². The molecule has 2 aliphatic carbocycles. The number of fused-ring (bicyclic) bond motifs is 1. The predicted molar refractivity (Wildman–Crippen MR) is 152 cm³/mol. The van der Waals surface area contributed by atoms with Crippen molar-refractivity contribution in [1.29, 1.82) is 0 Å². The molecule has 224 valence electrons. The van der Waals surface area contributed by atoms with Crippen molar-refractivity contribution < 1.29 is 22.4 Å². The number of carbonyl (C=O) groups excluding carboxylic acids is 1. The van der Waals surface area contributed by atoms with E-state index in [0.717, 1.165) is 54.5 Å². The fourth-order valence-electron chi connectivity index (χ4n) is 7.01. The van der Waals surface area contributed by atoms with Gasteiger partial charge in [-0.05, 0) is 92.8 Å². The molecule has 0 saturated heterocycles. The smallest absolute Gasteiger partial charge is 0.383 e. The van der Waals surface area contributed by atoms with Crippen LogP contribution >= 0.6 is 0 Å². The first kappa shape index (κ1) is 28.6. The van der Waals surface area contributed by atoms with E-state index in [0.29, 0.717) is 18.0 Å². The number of alkyl halides is 3. The van der Waals surface area contributed by atoms with Crippen LogP contribution < -0.4 is 15.5 Å². The average molecular weight is 585 g/mol. The second-order valence-corrected chi connectivity index (χ2v) is 12.6. The Morgan fingerprint density at radius 2 is 1.88 bits per heavy atom. The van der Waals surface area contributed by atoms with Gasteiger partial charge in [0.25, 0.3) is 5.91 Å². The Bertz CT molecular complexity index is 1540. The summed E-state index contributed by atoms with van der Waals surface area (Å²) in [6.07, 6.45) is 1.43. The molecule has 2 aromatic carbocycles. The summed E-state index contributed by atoms with van der Waals surface area (Å²) in [4.78, 5) is 15.0. The Labute approximate surface area is 242 Å². The number of rotatable bonds is 8. The third kappa shape index (κ3) is 4.66. The predicted octanol–water partition coefficient (Wildman–Crippen LogP) is 6.31. The minimum Gasteiger partial charge on any atom is -0.383 e. The minimum absolute atomic E-state index is 0.0320. The summed E-state index contributed by atoms with van der Waals surface area (Å²) in [5, 5.41) is 14.8. The van der Waals surface area contributed by atoms with E-state index in [-0.39, 0.29) is 41.1 Å². The molecule has 0 spiro atoms. The average Bonchev–Trinajstić information content (AvgIpc) is 3.47. The molecular weight excluding hydrogens is 548 g/mol. The number of halogens is 4. The highest BCUT2D eigenvalue weighted by Crippen LogP contribution is 2.53. The molecule has 0 radical (unpaired) electrons. The van der Waals surface area contributed by atoms with Gasteiger partial charge in [-0.1, -0.05) is 6.92 Å². The maximum atomic E-state index is 16.1. The van der Waals surface area contributed by atoms with E-state index in [1.807, 2.05) is 18.5 Å². The maximum absolute atomic E-state index is 16.1. The zero-order valence-electron chi connectivity index (χ0n) is 24.3. The van der Waals surface area contributed by atoms with Gasteiger partial charge in [0, 0.05) is 31.2 Å². The number of anilines is 2. The quantitative estimate of drug-likeness (QED) is 0.304. The molecule has 0 unspecified atom stereocenters. The second-order valence-electron chi connectivity index (χ2n) is 12.6. The summed E-state index contributed by atoms with van der Waals surface area (Å²) in [5.74, 6) is -0.191. The molecule has 0 bridgehead atoms. The molecule has 0 atom stereocenters.